The Morgan fingerprint density at radius 2 is 1.37 bits per heavy atom. The lowest BCUT2D eigenvalue weighted by Crippen LogP contribution is -2.39. The number of Topliss-reactive ketones (excluding diaryl/α,β-unsaturated/α-hetero) is 1. The molecule has 0 heterocycles. The molecule has 0 spiro atoms. The SMILES string of the molecule is CCN(CC)CCOc1ccc(C(=O)NC2C/C(=C\c3ccc(F)c(F)c3)C(=O)/C(=C/c3ccc(F)c(F)c3)C2)cc1F. The van der Waals surface area contributed by atoms with Gasteiger partial charge in [0.05, 0.1) is 0 Å². The summed E-state index contributed by atoms with van der Waals surface area (Å²) in [7, 11) is 0. The van der Waals surface area contributed by atoms with Crippen molar-refractivity contribution in [2.75, 3.05) is 26.2 Å². The van der Waals surface area contributed by atoms with Crippen molar-refractivity contribution in [3.8, 4) is 5.75 Å². The van der Waals surface area contributed by atoms with Gasteiger partial charge in [-0.15, -0.1) is 0 Å². The summed E-state index contributed by atoms with van der Waals surface area (Å²) in [6.07, 6.45) is 2.83. The highest BCUT2D eigenvalue weighted by atomic mass is 19.2. The number of rotatable bonds is 10. The average Bonchev–Trinajstić information content (AvgIpc) is 2.98. The van der Waals surface area contributed by atoms with Crippen LogP contribution in [0.2, 0.25) is 0 Å². The first kappa shape index (κ1) is 31.6. The number of nitrogens with one attached hydrogen (secondary N) is 1. The Bertz CT molecular complexity index is 1490. The van der Waals surface area contributed by atoms with Crippen LogP contribution in [-0.4, -0.2) is 48.9 Å². The maximum Gasteiger partial charge on any atom is 0.251 e. The van der Waals surface area contributed by atoms with E-state index in [0.717, 1.165) is 43.4 Å². The van der Waals surface area contributed by atoms with Crippen molar-refractivity contribution in [3.63, 3.8) is 0 Å². The molecule has 1 amide bonds. The minimum absolute atomic E-state index is 0.0143. The number of ketones is 1. The van der Waals surface area contributed by atoms with Gasteiger partial charge >= 0.3 is 0 Å². The molecule has 0 aliphatic heterocycles. The molecule has 1 aliphatic rings. The Hall–Kier alpha value is -4.31. The zero-order chi connectivity index (χ0) is 31.1. The zero-order valence-corrected chi connectivity index (χ0v) is 23.7. The van der Waals surface area contributed by atoms with E-state index in [0.29, 0.717) is 6.54 Å². The van der Waals surface area contributed by atoms with Crippen molar-refractivity contribution in [3.05, 3.63) is 112 Å². The summed E-state index contributed by atoms with van der Waals surface area (Å²) in [6.45, 7) is 6.61. The second-order valence-electron chi connectivity index (χ2n) is 10.1. The van der Waals surface area contributed by atoms with Crippen LogP contribution in [0.3, 0.4) is 0 Å². The predicted octanol–water partition coefficient (Wildman–Crippen LogP) is 6.73. The van der Waals surface area contributed by atoms with Crippen LogP contribution in [0.5, 0.6) is 5.75 Å². The summed E-state index contributed by atoms with van der Waals surface area (Å²) in [6, 6.07) is 9.53. The molecule has 0 atom stereocenters. The van der Waals surface area contributed by atoms with E-state index in [1.807, 2.05) is 13.8 Å². The predicted molar refractivity (Wildman–Crippen MR) is 154 cm³/mol. The first-order chi connectivity index (χ1) is 20.6. The maximum atomic E-state index is 14.8. The molecular weight excluding hydrogens is 567 g/mol. The second kappa shape index (κ2) is 14.2. The average molecular weight is 599 g/mol. The minimum Gasteiger partial charge on any atom is -0.489 e. The molecule has 226 valence electrons. The molecule has 1 fully saturated rings. The largest absolute Gasteiger partial charge is 0.489 e. The van der Waals surface area contributed by atoms with Gasteiger partial charge < -0.3 is 15.0 Å². The van der Waals surface area contributed by atoms with Crippen molar-refractivity contribution in [1.82, 2.24) is 10.2 Å². The van der Waals surface area contributed by atoms with Gasteiger partial charge in [-0.1, -0.05) is 26.0 Å². The molecular formula is C33H31F5N2O3. The van der Waals surface area contributed by atoms with Gasteiger partial charge in [-0.3, -0.25) is 9.59 Å². The van der Waals surface area contributed by atoms with Gasteiger partial charge in [0.1, 0.15) is 6.61 Å². The van der Waals surface area contributed by atoms with E-state index < -0.39 is 46.8 Å². The quantitative estimate of drug-likeness (QED) is 0.208. The molecule has 10 heteroatoms. The number of carbonyl (C=O) groups is 2. The lowest BCUT2D eigenvalue weighted by atomic mass is 9.83. The van der Waals surface area contributed by atoms with Crippen LogP contribution in [0, 0.1) is 29.1 Å². The lowest BCUT2D eigenvalue weighted by Gasteiger charge is -2.27. The summed E-state index contributed by atoms with van der Waals surface area (Å²) >= 11 is 0. The van der Waals surface area contributed by atoms with E-state index in [1.165, 1.54) is 36.4 Å². The first-order valence-electron chi connectivity index (χ1n) is 13.9. The van der Waals surface area contributed by atoms with Crippen LogP contribution in [0.1, 0.15) is 48.2 Å². The Labute approximate surface area is 246 Å². The first-order valence-corrected chi connectivity index (χ1v) is 13.9. The van der Waals surface area contributed by atoms with Crippen molar-refractivity contribution >= 4 is 23.8 Å². The summed E-state index contributed by atoms with van der Waals surface area (Å²) in [5.41, 5.74) is 0.835. The topological polar surface area (TPSA) is 58.6 Å². The normalized spacial score (nSPS) is 17.1. The van der Waals surface area contributed by atoms with Gasteiger partial charge in [0.2, 0.25) is 0 Å². The molecule has 3 aromatic rings. The standard InChI is InChI=1S/C33H31F5N2O3/c1-3-40(4-2)11-12-43-31-10-7-22(19-30(31)38)33(42)39-25-17-23(13-20-5-8-26(34)28(36)15-20)32(41)24(18-25)14-21-6-9-27(35)29(37)16-21/h5-10,13-16,19,25H,3-4,11-12,17-18H2,1-2H3,(H,39,42)/b23-13+,24-14+. The Kier molecular flexibility index (Phi) is 10.5. The van der Waals surface area contributed by atoms with Gasteiger partial charge in [-0.05, 0) is 91.7 Å². The number of nitrogens with zero attached hydrogens (tertiary/aromatic N) is 1. The fourth-order valence-electron chi connectivity index (χ4n) is 4.80. The van der Waals surface area contributed by atoms with Crippen LogP contribution in [0.25, 0.3) is 12.2 Å². The van der Waals surface area contributed by atoms with Crippen molar-refractivity contribution < 1.29 is 36.3 Å². The fraction of sp³-hybridized carbons (Fsp3) is 0.273. The third-order valence-electron chi connectivity index (χ3n) is 7.17. The fourth-order valence-corrected chi connectivity index (χ4v) is 4.80. The number of hydrogen-bond acceptors (Lipinski definition) is 4. The number of amides is 1. The number of ether oxygens (including phenoxy) is 1. The Morgan fingerprint density at radius 1 is 0.814 bits per heavy atom. The third-order valence-corrected chi connectivity index (χ3v) is 7.17. The van der Waals surface area contributed by atoms with E-state index in [9.17, 15) is 31.5 Å². The van der Waals surface area contributed by atoms with Crippen LogP contribution < -0.4 is 10.1 Å². The molecule has 43 heavy (non-hydrogen) atoms. The summed E-state index contributed by atoms with van der Waals surface area (Å²) in [4.78, 5) is 28.6. The van der Waals surface area contributed by atoms with Gasteiger partial charge in [-0.2, -0.15) is 0 Å². The van der Waals surface area contributed by atoms with Gasteiger partial charge in [0.15, 0.2) is 40.6 Å². The number of benzene rings is 3. The highest BCUT2D eigenvalue weighted by Gasteiger charge is 2.29. The molecule has 5 nitrogen and oxygen atoms in total. The lowest BCUT2D eigenvalue weighted by molar-refractivity contribution is -0.113. The maximum absolute atomic E-state index is 14.8. The smallest absolute Gasteiger partial charge is 0.251 e. The van der Waals surface area contributed by atoms with Crippen LogP contribution in [0.15, 0.2) is 65.7 Å². The monoisotopic (exact) mass is 598 g/mol. The molecule has 0 saturated heterocycles. The molecule has 0 aromatic heterocycles. The number of halogens is 5. The van der Waals surface area contributed by atoms with E-state index in [1.54, 1.807) is 0 Å². The van der Waals surface area contributed by atoms with Crippen LogP contribution in [0.4, 0.5) is 22.0 Å². The summed E-state index contributed by atoms with van der Waals surface area (Å²) < 4.78 is 74.9. The van der Waals surface area contributed by atoms with E-state index in [-0.39, 0.29) is 53.0 Å². The molecule has 1 aliphatic carbocycles. The molecule has 1 N–H and O–H groups in total. The van der Waals surface area contributed by atoms with Crippen LogP contribution in [-0.2, 0) is 4.79 Å². The zero-order valence-electron chi connectivity index (χ0n) is 23.7. The van der Waals surface area contributed by atoms with Crippen molar-refractivity contribution in [2.45, 2.75) is 32.7 Å². The second-order valence-corrected chi connectivity index (χ2v) is 10.1. The molecule has 0 unspecified atom stereocenters. The van der Waals surface area contributed by atoms with Crippen LogP contribution >= 0.6 is 0 Å². The highest BCUT2D eigenvalue weighted by Crippen LogP contribution is 2.30. The van der Waals surface area contributed by atoms with Gasteiger partial charge in [0.25, 0.3) is 5.91 Å². The third kappa shape index (κ3) is 8.16. The minimum atomic E-state index is -1.09. The molecule has 4 rings (SSSR count). The Balaban J connectivity index is 1.56. The summed E-state index contributed by atoms with van der Waals surface area (Å²) in [5.74, 6) is -6.03. The molecule has 3 aromatic carbocycles. The summed E-state index contributed by atoms with van der Waals surface area (Å²) in [5, 5.41) is 2.79. The Morgan fingerprint density at radius 3 is 1.86 bits per heavy atom. The van der Waals surface area contributed by atoms with Crippen molar-refractivity contribution in [1.29, 1.82) is 0 Å². The van der Waals surface area contributed by atoms with E-state index >= 15 is 0 Å². The van der Waals surface area contributed by atoms with E-state index in [4.69, 9.17) is 4.74 Å². The highest BCUT2D eigenvalue weighted by molar-refractivity contribution is 6.14. The van der Waals surface area contributed by atoms with Crippen molar-refractivity contribution in [2.24, 2.45) is 0 Å². The molecule has 0 bridgehead atoms. The number of likely N-dealkylation sites (N-methyl/N-ethyl adjacent to an activating group) is 1. The van der Waals surface area contributed by atoms with Gasteiger partial charge in [-0.25, -0.2) is 22.0 Å². The number of carbonyl (C=O) groups excluding carboxylic acids is 2. The number of hydrogen-bond donors (Lipinski definition) is 1. The molecule has 1 saturated carbocycles. The van der Waals surface area contributed by atoms with E-state index in [2.05, 4.69) is 10.2 Å². The molecule has 0 radical (unpaired) electrons. The van der Waals surface area contributed by atoms with Gasteiger partial charge in [0, 0.05) is 29.3 Å².